The first-order chi connectivity index (χ1) is 9.52. The first-order valence-corrected chi connectivity index (χ1v) is 6.94. The number of hydrogen-bond acceptors (Lipinski definition) is 2. The number of nitrogens with one attached hydrogen (secondary N) is 1. The van der Waals surface area contributed by atoms with E-state index < -0.39 is 18.1 Å². The van der Waals surface area contributed by atoms with Crippen LogP contribution in [0.25, 0.3) is 0 Å². The van der Waals surface area contributed by atoms with Gasteiger partial charge in [0, 0.05) is 18.2 Å². The number of benzene rings is 1. The summed E-state index contributed by atoms with van der Waals surface area (Å²) >= 11 is 0. The maximum absolute atomic E-state index is 13.0. The molecular formula is C15H20F3NO. The van der Waals surface area contributed by atoms with Crippen LogP contribution in [0.4, 0.5) is 13.2 Å². The third-order valence-corrected chi connectivity index (χ3v) is 3.93. The largest absolute Gasteiger partial charge is 0.496 e. The average Bonchev–Trinajstić information content (AvgIpc) is 2.44. The van der Waals surface area contributed by atoms with E-state index in [1.807, 2.05) is 24.3 Å². The Bertz CT molecular complexity index is 433. The van der Waals surface area contributed by atoms with Crippen molar-refractivity contribution >= 4 is 0 Å². The molecule has 0 radical (unpaired) electrons. The molecular weight excluding hydrogens is 267 g/mol. The van der Waals surface area contributed by atoms with Crippen LogP contribution in [0.5, 0.6) is 5.75 Å². The van der Waals surface area contributed by atoms with Crippen molar-refractivity contribution in [2.75, 3.05) is 7.11 Å². The quantitative estimate of drug-likeness (QED) is 0.906. The predicted molar refractivity (Wildman–Crippen MR) is 71.6 cm³/mol. The third-order valence-electron chi connectivity index (χ3n) is 3.93. The van der Waals surface area contributed by atoms with Crippen LogP contribution in [0.15, 0.2) is 24.3 Å². The van der Waals surface area contributed by atoms with Gasteiger partial charge in [-0.05, 0) is 18.9 Å². The molecule has 0 bridgehead atoms. The molecule has 112 valence electrons. The normalized spacial score (nSPS) is 23.6. The topological polar surface area (TPSA) is 21.3 Å². The maximum Gasteiger partial charge on any atom is 0.393 e. The maximum atomic E-state index is 13.0. The molecule has 0 spiro atoms. The lowest BCUT2D eigenvalue weighted by molar-refractivity contribution is -0.189. The van der Waals surface area contributed by atoms with Gasteiger partial charge in [0.15, 0.2) is 0 Å². The molecule has 0 saturated heterocycles. The summed E-state index contributed by atoms with van der Waals surface area (Å²) in [4.78, 5) is 0. The van der Waals surface area contributed by atoms with Crippen molar-refractivity contribution in [3.8, 4) is 5.75 Å². The molecule has 1 fully saturated rings. The minimum absolute atomic E-state index is 0.229. The van der Waals surface area contributed by atoms with Gasteiger partial charge in [-0.1, -0.05) is 31.0 Å². The molecule has 5 heteroatoms. The first kappa shape index (κ1) is 15.2. The fourth-order valence-corrected chi connectivity index (χ4v) is 2.86. The van der Waals surface area contributed by atoms with E-state index in [1.165, 1.54) is 0 Å². The predicted octanol–water partition coefficient (Wildman–Crippen LogP) is 3.91. The molecule has 1 aliphatic carbocycles. The van der Waals surface area contributed by atoms with Crippen LogP contribution >= 0.6 is 0 Å². The Morgan fingerprint density at radius 3 is 2.60 bits per heavy atom. The zero-order chi connectivity index (χ0) is 14.6. The lowest BCUT2D eigenvalue weighted by Crippen LogP contribution is -2.45. The SMILES string of the molecule is COc1ccccc1CNC1CCCCC1C(F)(F)F. The average molecular weight is 287 g/mol. The molecule has 1 N–H and O–H groups in total. The highest BCUT2D eigenvalue weighted by Crippen LogP contribution is 2.37. The Labute approximate surface area is 117 Å². The highest BCUT2D eigenvalue weighted by Gasteiger charge is 2.45. The molecule has 2 rings (SSSR count). The lowest BCUT2D eigenvalue weighted by Gasteiger charge is -2.33. The molecule has 2 atom stereocenters. The number of halogens is 3. The minimum atomic E-state index is -4.11. The molecule has 2 nitrogen and oxygen atoms in total. The molecule has 0 aromatic heterocycles. The van der Waals surface area contributed by atoms with E-state index in [4.69, 9.17) is 4.74 Å². The summed E-state index contributed by atoms with van der Waals surface area (Å²) in [7, 11) is 1.57. The molecule has 1 aliphatic rings. The van der Waals surface area contributed by atoms with E-state index in [0.717, 1.165) is 12.0 Å². The summed E-state index contributed by atoms with van der Waals surface area (Å²) in [5.41, 5.74) is 0.890. The fraction of sp³-hybridized carbons (Fsp3) is 0.600. The molecule has 20 heavy (non-hydrogen) atoms. The van der Waals surface area contributed by atoms with Crippen LogP contribution in [-0.2, 0) is 6.54 Å². The van der Waals surface area contributed by atoms with E-state index in [1.54, 1.807) is 7.11 Å². The van der Waals surface area contributed by atoms with Crippen molar-refractivity contribution in [3.63, 3.8) is 0 Å². The summed E-state index contributed by atoms with van der Waals surface area (Å²) in [6.07, 6.45) is -1.78. The smallest absolute Gasteiger partial charge is 0.393 e. The molecule has 1 aromatic rings. The zero-order valence-electron chi connectivity index (χ0n) is 11.5. The van der Waals surface area contributed by atoms with E-state index >= 15 is 0 Å². The number of alkyl halides is 3. The molecule has 1 aromatic carbocycles. The van der Waals surface area contributed by atoms with Gasteiger partial charge in [-0.15, -0.1) is 0 Å². The molecule has 1 saturated carbocycles. The molecule has 0 aliphatic heterocycles. The number of hydrogen-bond donors (Lipinski definition) is 1. The van der Waals surface area contributed by atoms with Crippen LogP contribution in [-0.4, -0.2) is 19.3 Å². The van der Waals surface area contributed by atoms with E-state index in [9.17, 15) is 13.2 Å². The highest BCUT2D eigenvalue weighted by atomic mass is 19.4. The van der Waals surface area contributed by atoms with Crippen LogP contribution in [0, 0.1) is 5.92 Å². The number of para-hydroxylation sites is 1. The van der Waals surface area contributed by atoms with Gasteiger partial charge >= 0.3 is 6.18 Å². The van der Waals surface area contributed by atoms with Gasteiger partial charge in [0.25, 0.3) is 0 Å². The Balaban J connectivity index is 2.01. The van der Waals surface area contributed by atoms with Crippen LogP contribution in [0.2, 0.25) is 0 Å². The number of methoxy groups -OCH3 is 1. The monoisotopic (exact) mass is 287 g/mol. The van der Waals surface area contributed by atoms with E-state index in [-0.39, 0.29) is 6.42 Å². The third kappa shape index (κ3) is 3.66. The first-order valence-electron chi connectivity index (χ1n) is 6.94. The summed E-state index contributed by atoms with van der Waals surface area (Å²) in [6.45, 7) is 0.404. The van der Waals surface area contributed by atoms with Crippen molar-refractivity contribution < 1.29 is 17.9 Å². The van der Waals surface area contributed by atoms with E-state index in [0.29, 0.717) is 25.1 Å². The minimum Gasteiger partial charge on any atom is -0.496 e. The van der Waals surface area contributed by atoms with Crippen molar-refractivity contribution in [1.82, 2.24) is 5.32 Å². The second-order valence-electron chi connectivity index (χ2n) is 5.23. The standard InChI is InChI=1S/C15H20F3NO/c1-20-14-9-5-2-6-11(14)10-19-13-8-4-3-7-12(13)15(16,17)18/h2,5-6,9,12-13,19H,3-4,7-8,10H2,1H3. The number of ether oxygens (including phenoxy) is 1. The summed E-state index contributed by atoms with van der Waals surface area (Å²) in [5, 5.41) is 3.07. The van der Waals surface area contributed by atoms with Gasteiger partial charge in [0.1, 0.15) is 5.75 Å². The Kier molecular flexibility index (Phi) is 4.91. The van der Waals surface area contributed by atoms with Gasteiger partial charge < -0.3 is 10.1 Å². The van der Waals surface area contributed by atoms with Gasteiger partial charge in [0.2, 0.25) is 0 Å². The van der Waals surface area contributed by atoms with Crippen molar-refractivity contribution in [2.24, 2.45) is 5.92 Å². The second-order valence-corrected chi connectivity index (χ2v) is 5.23. The molecule has 0 amide bonds. The lowest BCUT2D eigenvalue weighted by atomic mass is 9.84. The zero-order valence-corrected chi connectivity index (χ0v) is 11.5. The Hall–Kier alpha value is -1.23. The van der Waals surface area contributed by atoms with Gasteiger partial charge in [-0.3, -0.25) is 0 Å². The highest BCUT2D eigenvalue weighted by molar-refractivity contribution is 5.33. The van der Waals surface area contributed by atoms with Gasteiger partial charge in [-0.2, -0.15) is 13.2 Å². The van der Waals surface area contributed by atoms with E-state index in [2.05, 4.69) is 5.32 Å². The van der Waals surface area contributed by atoms with Gasteiger partial charge in [0.05, 0.1) is 13.0 Å². The van der Waals surface area contributed by atoms with Crippen molar-refractivity contribution in [2.45, 2.75) is 44.4 Å². The van der Waals surface area contributed by atoms with Crippen molar-refractivity contribution in [1.29, 1.82) is 0 Å². The van der Waals surface area contributed by atoms with Crippen molar-refractivity contribution in [3.05, 3.63) is 29.8 Å². The summed E-state index contributed by atoms with van der Waals surface area (Å²) < 4.78 is 44.2. The molecule has 2 unspecified atom stereocenters. The molecule has 0 heterocycles. The van der Waals surface area contributed by atoms with Crippen LogP contribution < -0.4 is 10.1 Å². The summed E-state index contributed by atoms with van der Waals surface area (Å²) in [5.74, 6) is -0.523. The summed E-state index contributed by atoms with van der Waals surface area (Å²) in [6, 6.07) is 6.91. The fourth-order valence-electron chi connectivity index (χ4n) is 2.86. The second kappa shape index (κ2) is 6.48. The van der Waals surface area contributed by atoms with Crippen LogP contribution in [0.3, 0.4) is 0 Å². The van der Waals surface area contributed by atoms with Gasteiger partial charge in [-0.25, -0.2) is 0 Å². The van der Waals surface area contributed by atoms with Crippen LogP contribution in [0.1, 0.15) is 31.2 Å². The Morgan fingerprint density at radius 1 is 1.20 bits per heavy atom. The number of rotatable bonds is 4. The Morgan fingerprint density at radius 2 is 1.90 bits per heavy atom.